The molecule has 0 fully saturated rings. The van der Waals surface area contributed by atoms with Gasteiger partial charge in [-0.15, -0.1) is 0 Å². The highest BCUT2D eigenvalue weighted by Crippen LogP contribution is 2.13. The number of hydrogen-bond acceptors (Lipinski definition) is 3. The Labute approximate surface area is 187 Å². The maximum absolute atomic E-state index is 12.5. The number of rotatable bonds is 5. The Morgan fingerprint density at radius 2 is 1.65 bits per heavy atom. The molecule has 158 valence electrons. The summed E-state index contributed by atoms with van der Waals surface area (Å²) >= 11 is 5.21. The van der Waals surface area contributed by atoms with Crippen LogP contribution in [0, 0.1) is 13.8 Å². The van der Waals surface area contributed by atoms with Crippen molar-refractivity contribution in [2.45, 2.75) is 20.4 Å². The average Bonchev–Trinajstić information content (AvgIpc) is 2.75. The fourth-order valence-electron chi connectivity index (χ4n) is 2.84. The first-order valence-corrected chi connectivity index (χ1v) is 10.2. The number of benzene rings is 2. The molecule has 1 aromatic heterocycles. The predicted octanol–water partition coefficient (Wildman–Crippen LogP) is 3.69. The smallest absolute Gasteiger partial charge is 0.258 e. The predicted molar refractivity (Wildman–Crippen MR) is 129 cm³/mol. The molecule has 3 N–H and O–H groups in total. The summed E-state index contributed by atoms with van der Waals surface area (Å²) in [5.74, 6) is -0.259. The molecule has 31 heavy (non-hydrogen) atoms. The summed E-state index contributed by atoms with van der Waals surface area (Å²) in [7, 11) is 0. The van der Waals surface area contributed by atoms with Gasteiger partial charge in [-0.2, -0.15) is 0 Å². The van der Waals surface area contributed by atoms with E-state index in [-0.39, 0.29) is 12.5 Å². The molecule has 0 saturated heterocycles. The van der Waals surface area contributed by atoms with E-state index in [1.54, 1.807) is 4.57 Å². The van der Waals surface area contributed by atoms with Gasteiger partial charge < -0.3 is 9.88 Å². The Bertz CT molecular complexity index is 1150. The number of para-hydroxylation sites is 1. The minimum Gasteiger partial charge on any atom is -0.331 e. The summed E-state index contributed by atoms with van der Waals surface area (Å²) in [6, 6.07) is 21.3. The van der Waals surface area contributed by atoms with E-state index in [1.165, 1.54) is 5.56 Å². The first kappa shape index (κ1) is 22.0. The van der Waals surface area contributed by atoms with Gasteiger partial charge in [0.1, 0.15) is 12.0 Å². The SMILES string of the molecule is C=C(N=c1ccc(C)cn1CC(=O)NNC(=S)Nc1ccccc1)c1ccc(C)cc1. The van der Waals surface area contributed by atoms with Gasteiger partial charge in [0, 0.05) is 11.9 Å². The summed E-state index contributed by atoms with van der Waals surface area (Å²) < 4.78 is 1.78. The quantitative estimate of drug-likeness (QED) is 0.426. The minimum absolute atomic E-state index is 0.0721. The molecule has 0 radical (unpaired) electrons. The second-order valence-corrected chi connectivity index (χ2v) is 7.52. The van der Waals surface area contributed by atoms with E-state index in [0.717, 1.165) is 16.8 Å². The molecule has 0 aliphatic rings. The molecule has 0 unspecified atom stereocenters. The Kier molecular flexibility index (Phi) is 7.35. The van der Waals surface area contributed by atoms with Crippen molar-refractivity contribution < 1.29 is 4.79 Å². The zero-order valence-corrected chi connectivity index (χ0v) is 18.4. The van der Waals surface area contributed by atoms with Crippen LogP contribution in [0.2, 0.25) is 0 Å². The van der Waals surface area contributed by atoms with Crippen molar-refractivity contribution >= 4 is 34.6 Å². The highest BCUT2D eigenvalue weighted by atomic mass is 32.1. The van der Waals surface area contributed by atoms with E-state index in [1.807, 2.05) is 86.8 Å². The maximum Gasteiger partial charge on any atom is 0.258 e. The molecule has 0 atom stereocenters. The van der Waals surface area contributed by atoms with Crippen molar-refractivity contribution in [1.29, 1.82) is 0 Å². The fraction of sp³-hybridized carbons (Fsp3) is 0.125. The van der Waals surface area contributed by atoms with Crippen molar-refractivity contribution in [2.75, 3.05) is 5.32 Å². The van der Waals surface area contributed by atoms with E-state index in [2.05, 4.69) is 27.7 Å². The molecule has 3 aromatic rings. The first-order chi connectivity index (χ1) is 14.9. The van der Waals surface area contributed by atoms with Crippen molar-refractivity contribution in [3.63, 3.8) is 0 Å². The van der Waals surface area contributed by atoms with E-state index in [4.69, 9.17) is 12.2 Å². The highest BCUT2D eigenvalue weighted by molar-refractivity contribution is 7.80. The summed E-state index contributed by atoms with van der Waals surface area (Å²) in [6.07, 6.45) is 1.88. The van der Waals surface area contributed by atoms with Gasteiger partial charge in [-0.3, -0.25) is 15.6 Å². The van der Waals surface area contributed by atoms with Crippen LogP contribution >= 0.6 is 12.2 Å². The number of pyridine rings is 1. The molecule has 3 rings (SSSR count). The summed E-state index contributed by atoms with van der Waals surface area (Å²) in [5.41, 5.74) is 10.5. The van der Waals surface area contributed by atoms with Crippen molar-refractivity contribution in [3.8, 4) is 0 Å². The van der Waals surface area contributed by atoms with Crippen LogP contribution in [-0.4, -0.2) is 15.6 Å². The van der Waals surface area contributed by atoms with Gasteiger partial charge in [-0.25, -0.2) is 4.99 Å². The number of carbonyl (C=O) groups is 1. The van der Waals surface area contributed by atoms with Crippen molar-refractivity contribution in [2.24, 2.45) is 4.99 Å². The Morgan fingerprint density at radius 3 is 2.35 bits per heavy atom. The third kappa shape index (κ3) is 6.65. The average molecular weight is 432 g/mol. The number of aryl methyl sites for hydroxylation is 2. The Morgan fingerprint density at radius 1 is 0.968 bits per heavy atom. The second kappa shape index (κ2) is 10.4. The number of nitrogens with zero attached hydrogens (tertiary/aromatic N) is 2. The van der Waals surface area contributed by atoms with Crippen LogP contribution in [0.15, 0.2) is 84.5 Å². The van der Waals surface area contributed by atoms with Crippen LogP contribution in [0.5, 0.6) is 0 Å². The number of hydrogen-bond donors (Lipinski definition) is 3. The number of anilines is 1. The summed E-state index contributed by atoms with van der Waals surface area (Å²) in [5, 5.41) is 3.30. The molecule has 0 bridgehead atoms. The normalized spacial score (nSPS) is 11.0. The number of amides is 1. The lowest BCUT2D eigenvalue weighted by atomic mass is 10.1. The van der Waals surface area contributed by atoms with E-state index in [9.17, 15) is 4.79 Å². The molecule has 1 heterocycles. The molecule has 0 saturated carbocycles. The van der Waals surface area contributed by atoms with Gasteiger partial charge in [0.2, 0.25) is 0 Å². The van der Waals surface area contributed by atoms with Crippen LogP contribution in [0.3, 0.4) is 0 Å². The van der Waals surface area contributed by atoms with Crippen molar-refractivity contribution in [1.82, 2.24) is 15.4 Å². The number of carbonyl (C=O) groups excluding carboxylic acids is 1. The van der Waals surface area contributed by atoms with Crippen LogP contribution in [0.4, 0.5) is 5.69 Å². The van der Waals surface area contributed by atoms with Gasteiger partial charge in [-0.1, -0.05) is 60.7 Å². The second-order valence-electron chi connectivity index (χ2n) is 7.11. The molecule has 2 aromatic carbocycles. The highest BCUT2D eigenvalue weighted by Gasteiger charge is 2.06. The third-order valence-electron chi connectivity index (χ3n) is 4.44. The number of thiocarbonyl (C=S) groups is 1. The molecule has 0 aliphatic carbocycles. The Hall–Kier alpha value is -3.71. The topological polar surface area (TPSA) is 70.5 Å². The number of nitrogens with one attached hydrogen (secondary N) is 3. The lowest BCUT2D eigenvalue weighted by Crippen LogP contribution is -2.45. The van der Waals surface area contributed by atoms with Crippen LogP contribution in [0.25, 0.3) is 5.70 Å². The summed E-state index contributed by atoms with van der Waals surface area (Å²) in [6.45, 7) is 8.14. The zero-order valence-electron chi connectivity index (χ0n) is 17.6. The number of aromatic nitrogens is 1. The van der Waals surface area contributed by atoms with Gasteiger partial charge in [0.15, 0.2) is 5.11 Å². The lowest BCUT2D eigenvalue weighted by molar-refractivity contribution is -0.122. The zero-order chi connectivity index (χ0) is 22.2. The minimum atomic E-state index is -0.259. The van der Waals surface area contributed by atoms with E-state index >= 15 is 0 Å². The van der Waals surface area contributed by atoms with Crippen LogP contribution in [0.1, 0.15) is 16.7 Å². The lowest BCUT2D eigenvalue weighted by Gasteiger charge is -2.13. The maximum atomic E-state index is 12.5. The van der Waals surface area contributed by atoms with Crippen molar-refractivity contribution in [3.05, 3.63) is 102 Å². The van der Waals surface area contributed by atoms with Gasteiger partial charge in [-0.05, 0) is 55.4 Å². The Balaban J connectivity index is 1.67. The molecule has 0 aliphatic heterocycles. The molecular formula is C24H25N5OS. The third-order valence-corrected chi connectivity index (χ3v) is 4.65. The molecule has 1 amide bonds. The van der Waals surface area contributed by atoms with Gasteiger partial charge in [0.25, 0.3) is 5.91 Å². The van der Waals surface area contributed by atoms with Gasteiger partial charge >= 0.3 is 0 Å². The van der Waals surface area contributed by atoms with E-state index < -0.39 is 0 Å². The number of hydrazine groups is 1. The summed E-state index contributed by atoms with van der Waals surface area (Å²) in [4.78, 5) is 17.1. The van der Waals surface area contributed by atoms with Gasteiger partial charge in [0.05, 0.1) is 5.70 Å². The largest absolute Gasteiger partial charge is 0.331 e. The molecule has 7 heteroatoms. The van der Waals surface area contributed by atoms with E-state index in [0.29, 0.717) is 16.3 Å². The first-order valence-electron chi connectivity index (χ1n) is 9.79. The van der Waals surface area contributed by atoms with Crippen LogP contribution in [-0.2, 0) is 11.3 Å². The molecular weight excluding hydrogens is 406 g/mol. The fourth-order valence-corrected chi connectivity index (χ4v) is 3.01. The standard InChI is InChI=1S/C24H25N5OS/c1-17-9-12-20(13-10-17)19(3)25-22-14-11-18(2)15-29(22)16-23(30)27-28-24(31)26-21-7-5-4-6-8-21/h4-15H,3,16H2,1-2H3,(H,27,30)(H2,26,28,31). The molecule has 0 spiro atoms. The monoisotopic (exact) mass is 431 g/mol. The van der Waals surface area contributed by atoms with Crippen LogP contribution < -0.4 is 21.7 Å². The molecule has 6 nitrogen and oxygen atoms in total.